The lowest BCUT2D eigenvalue weighted by atomic mass is 10.1. The van der Waals surface area contributed by atoms with E-state index < -0.39 is 16.0 Å². The van der Waals surface area contributed by atoms with E-state index >= 15 is 0 Å². The Hall–Kier alpha value is -1.15. The molecule has 2 rings (SSSR count). The monoisotopic (exact) mass is 362 g/mol. The first kappa shape index (κ1) is 19.9. The molecule has 0 saturated carbocycles. The average Bonchev–Trinajstić information content (AvgIpc) is 2.99. The third kappa shape index (κ3) is 6.10. The van der Waals surface area contributed by atoms with Gasteiger partial charge in [0.1, 0.15) is 0 Å². The fraction of sp³-hybridized carbons (Fsp3) is 0.533. The number of nitrogens with one attached hydrogen (secondary N) is 2. The normalized spacial score (nSPS) is 17.5. The van der Waals surface area contributed by atoms with Crippen LogP contribution in [0.15, 0.2) is 24.3 Å². The summed E-state index contributed by atoms with van der Waals surface area (Å²) in [4.78, 5) is 11.7. The Kier molecular flexibility index (Phi) is 7.98. The Labute approximate surface area is 143 Å². The van der Waals surface area contributed by atoms with Gasteiger partial charge >= 0.3 is 5.97 Å². The van der Waals surface area contributed by atoms with Crippen molar-refractivity contribution in [3.8, 4) is 0 Å². The van der Waals surface area contributed by atoms with Gasteiger partial charge in [-0.3, -0.25) is 0 Å². The van der Waals surface area contributed by atoms with Crippen molar-refractivity contribution < 1.29 is 17.9 Å². The van der Waals surface area contributed by atoms with Crippen LogP contribution < -0.4 is 10.0 Å². The van der Waals surface area contributed by atoms with Gasteiger partial charge in [0.15, 0.2) is 0 Å². The number of ether oxygens (including phenoxy) is 1. The van der Waals surface area contributed by atoms with Crippen LogP contribution in [0.4, 0.5) is 0 Å². The largest absolute Gasteiger partial charge is 0.465 e. The van der Waals surface area contributed by atoms with E-state index in [4.69, 9.17) is 0 Å². The number of carbonyl (C=O) groups is 1. The van der Waals surface area contributed by atoms with Crippen LogP contribution in [0.25, 0.3) is 0 Å². The number of hydrogen-bond acceptors (Lipinski definition) is 5. The van der Waals surface area contributed by atoms with Crippen LogP contribution in [0.1, 0.15) is 28.8 Å². The molecule has 1 aliphatic heterocycles. The molecule has 0 amide bonds. The van der Waals surface area contributed by atoms with Crippen LogP contribution in [-0.2, 0) is 20.5 Å². The molecule has 1 atom stereocenters. The van der Waals surface area contributed by atoms with Crippen molar-refractivity contribution in [1.82, 2.24) is 10.0 Å². The number of carbonyl (C=O) groups excluding carboxylic acids is 1. The molecule has 0 bridgehead atoms. The van der Waals surface area contributed by atoms with Gasteiger partial charge in [-0.25, -0.2) is 17.9 Å². The summed E-state index contributed by atoms with van der Waals surface area (Å²) in [6, 6.07) is 6.59. The van der Waals surface area contributed by atoms with Gasteiger partial charge in [-0.1, -0.05) is 18.2 Å². The highest BCUT2D eigenvalue weighted by Crippen LogP contribution is 2.14. The predicted octanol–water partition coefficient (Wildman–Crippen LogP) is 1.31. The first-order valence-corrected chi connectivity index (χ1v) is 9.01. The Bertz CT molecular complexity index is 616. The molecule has 1 unspecified atom stereocenters. The number of esters is 1. The summed E-state index contributed by atoms with van der Waals surface area (Å²) >= 11 is 0. The molecule has 0 aliphatic carbocycles. The van der Waals surface area contributed by atoms with Crippen LogP contribution in [0.3, 0.4) is 0 Å². The molecule has 1 heterocycles. The smallest absolute Gasteiger partial charge is 0.338 e. The zero-order valence-electron chi connectivity index (χ0n) is 13.1. The lowest BCUT2D eigenvalue weighted by Gasteiger charge is -2.11. The minimum absolute atomic E-state index is 0. The molecule has 1 aromatic rings. The van der Waals surface area contributed by atoms with E-state index in [9.17, 15) is 13.2 Å². The van der Waals surface area contributed by atoms with Crippen LogP contribution in [0, 0.1) is 5.92 Å². The maximum Gasteiger partial charge on any atom is 0.338 e. The van der Waals surface area contributed by atoms with Crippen LogP contribution in [-0.4, -0.2) is 41.1 Å². The van der Waals surface area contributed by atoms with Gasteiger partial charge < -0.3 is 10.1 Å². The van der Waals surface area contributed by atoms with Crippen molar-refractivity contribution >= 4 is 28.4 Å². The molecule has 0 spiro atoms. The first-order chi connectivity index (χ1) is 10.5. The highest BCUT2D eigenvalue weighted by Gasteiger charge is 2.19. The zero-order valence-corrected chi connectivity index (χ0v) is 14.7. The van der Waals surface area contributed by atoms with Crippen molar-refractivity contribution in [2.45, 2.75) is 18.6 Å². The molecule has 1 saturated heterocycles. The quantitative estimate of drug-likeness (QED) is 0.714. The van der Waals surface area contributed by atoms with Gasteiger partial charge in [-0.15, -0.1) is 12.4 Å². The molecule has 130 valence electrons. The van der Waals surface area contributed by atoms with Crippen LogP contribution >= 0.6 is 12.4 Å². The summed E-state index contributed by atoms with van der Waals surface area (Å²) in [5.41, 5.74) is 0.736. The van der Waals surface area contributed by atoms with E-state index in [-0.39, 0.29) is 23.7 Å². The molecule has 1 fully saturated rings. The summed E-state index contributed by atoms with van der Waals surface area (Å²) < 4.78 is 31.6. The zero-order chi connectivity index (χ0) is 16.0. The van der Waals surface area contributed by atoms with Crippen LogP contribution in [0.2, 0.25) is 0 Å². The van der Waals surface area contributed by atoms with Crippen molar-refractivity contribution in [1.29, 1.82) is 0 Å². The van der Waals surface area contributed by atoms with Crippen molar-refractivity contribution in [2.24, 2.45) is 5.92 Å². The lowest BCUT2D eigenvalue weighted by Crippen LogP contribution is -2.28. The maximum absolute atomic E-state index is 12.2. The highest BCUT2D eigenvalue weighted by molar-refractivity contribution is 7.88. The second-order valence-corrected chi connectivity index (χ2v) is 7.26. The number of rotatable bonds is 7. The fourth-order valence-corrected chi connectivity index (χ4v) is 3.78. The van der Waals surface area contributed by atoms with Gasteiger partial charge in [0.2, 0.25) is 10.0 Å². The molecule has 23 heavy (non-hydrogen) atoms. The van der Waals surface area contributed by atoms with E-state index in [0.717, 1.165) is 25.9 Å². The number of sulfonamides is 1. The summed E-state index contributed by atoms with van der Waals surface area (Å²) in [6.45, 7) is 2.38. The number of benzene rings is 1. The Morgan fingerprint density at radius 1 is 1.39 bits per heavy atom. The van der Waals surface area contributed by atoms with Gasteiger partial charge in [0.05, 0.1) is 18.4 Å². The molecule has 1 aliphatic rings. The number of methoxy groups -OCH3 is 1. The number of hydrogen-bond donors (Lipinski definition) is 2. The van der Waals surface area contributed by atoms with E-state index in [0.29, 0.717) is 18.0 Å². The van der Waals surface area contributed by atoms with Gasteiger partial charge in [-0.2, -0.15) is 0 Å². The minimum atomic E-state index is -3.47. The molecule has 0 aromatic heterocycles. The Balaban J connectivity index is 0.00000264. The Morgan fingerprint density at radius 2 is 2.13 bits per heavy atom. The van der Waals surface area contributed by atoms with E-state index in [1.165, 1.54) is 7.11 Å². The lowest BCUT2D eigenvalue weighted by molar-refractivity contribution is 0.0600. The van der Waals surface area contributed by atoms with E-state index in [1.807, 2.05) is 0 Å². The van der Waals surface area contributed by atoms with E-state index in [2.05, 4.69) is 14.8 Å². The second-order valence-electron chi connectivity index (χ2n) is 5.45. The third-order valence-electron chi connectivity index (χ3n) is 3.81. The van der Waals surface area contributed by atoms with Crippen molar-refractivity contribution in [3.63, 3.8) is 0 Å². The molecule has 8 heteroatoms. The second kappa shape index (κ2) is 9.22. The van der Waals surface area contributed by atoms with Crippen molar-refractivity contribution in [2.75, 3.05) is 26.7 Å². The van der Waals surface area contributed by atoms with Gasteiger partial charge in [-0.05, 0) is 43.5 Å². The highest BCUT2D eigenvalue weighted by atomic mass is 35.5. The summed E-state index contributed by atoms with van der Waals surface area (Å²) in [5.74, 6) is -0.214. The molecular formula is C15H23ClN2O4S. The average molecular weight is 363 g/mol. The minimum Gasteiger partial charge on any atom is -0.465 e. The van der Waals surface area contributed by atoms with Gasteiger partial charge in [0, 0.05) is 6.54 Å². The summed E-state index contributed by atoms with van der Waals surface area (Å²) in [6.07, 6.45) is 1.91. The third-order valence-corrected chi connectivity index (χ3v) is 5.14. The SMILES string of the molecule is COC(=O)c1ccccc1CS(=O)(=O)NCCC1CCNC1.Cl. The molecule has 6 nitrogen and oxygen atoms in total. The molecule has 2 N–H and O–H groups in total. The predicted molar refractivity (Wildman–Crippen MR) is 91.2 cm³/mol. The molecule has 0 radical (unpaired) electrons. The number of halogens is 1. The summed E-state index contributed by atoms with van der Waals surface area (Å²) in [5, 5.41) is 3.26. The van der Waals surface area contributed by atoms with E-state index in [1.54, 1.807) is 24.3 Å². The molecule has 1 aromatic carbocycles. The maximum atomic E-state index is 12.2. The molecular weight excluding hydrogens is 340 g/mol. The van der Waals surface area contributed by atoms with Gasteiger partial charge in [0.25, 0.3) is 0 Å². The first-order valence-electron chi connectivity index (χ1n) is 7.36. The topological polar surface area (TPSA) is 84.5 Å². The van der Waals surface area contributed by atoms with Crippen molar-refractivity contribution in [3.05, 3.63) is 35.4 Å². The summed E-state index contributed by atoms with van der Waals surface area (Å²) in [7, 11) is -2.19. The fourth-order valence-electron chi connectivity index (χ4n) is 2.59. The Morgan fingerprint density at radius 3 is 2.78 bits per heavy atom. The van der Waals surface area contributed by atoms with Crippen LogP contribution in [0.5, 0.6) is 0 Å². The standard InChI is InChI=1S/C15H22N2O4S.ClH/c1-21-15(18)14-5-3-2-4-13(14)11-22(19,20)17-9-7-12-6-8-16-10-12;/h2-5,12,16-17H,6-11H2,1H3;1H.